The summed E-state index contributed by atoms with van der Waals surface area (Å²) >= 11 is 0. The summed E-state index contributed by atoms with van der Waals surface area (Å²) < 4.78 is 6.87. The summed E-state index contributed by atoms with van der Waals surface area (Å²) in [5, 5.41) is 8.64. The highest BCUT2D eigenvalue weighted by molar-refractivity contribution is 5.71. The highest BCUT2D eigenvalue weighted by Crippen LogP contribution is 2.04. The third-order valence-electron chi connectivity index (χ3n) is 2.11. The van der Waals surface area contributed by atoms with Gasteiger partial charge in [-0.2, -0.15) is 0 Å². The van der Waals surface area contributed by atoms with Crippen molar-refractivity contribution in [2.75, 3.05) is 0 Å². The van der Waals surface area contributed by atoms with Gasteiger partial charge in [-0.25, -0.2) is 14.8 Å². The quantitative estimate of drug-likeness (QED) is 0.823. The van der Waals surface area contributed by atoms with Gasteiger partial charge in [-0.3, -0.25) is 4.40 Å². The summed E-state index contributed by atoms with van der Waals surface area (Å²) in [5.74, 6) is -0.411. The summed E-state index contributed by atoms with van der Waals surface area (Å²) in [6.07, 6.45) is 4.39. The zero-order valence-electron chi connectivity index (χ0n) is 8.70. The molecule has 6 nitrogen and oxygen atoms in total. The molecule has 1 N–H and O–H groups in total. The van der Waals surface area contributed by atoms with Crippen LogP contribution < -0.4 is 0 Å². The van der Waals surface area contributed by atoms with Crippen molar-refractivity contribution in [2.45, 2.75) is 19.6 Å². The number of aromatic nitrogens is 3. The molecule has 1 unspecified atom stereocenters. The summed E-state index contributed by atoms with van der Waals surface area (Å²) in [4.78, 5) is 18.8. The van der Waals surface area contributed by atoms with E-state index in [2.05, 4.69) is 9.97 Å². The topological polar surface area (TPSA) is 76.7 Å². The second-order valence-electron chi connectivity index (χ2n) is 3.35. The van der Waals surface area contributed by atoms with Gasteiger partial charge < -0.3 is 9.84 Å². The predicted octanol–water partition coefficient (Wildman–Crippen LogP) is 0.719. The molecule has 0 aliphatic carbocycles. The number of rotatable bonds is 4. The van der Waals surface area contributed by atoms with Crippen molar-refractivity contribution in [3.05, 3.63) is 30.4 Å². The monoisotopic (exact) mass is 221 g/mol. The largest absolute Gasteiger partial charge is 0.479 e. The van der Waals surface area contributed by atoms with Crippen LogP contribution in [0.1, 0.15) is 12.6 Å². The van der Waals surface area contributed by atoms with Gasteiger partial charge in [0.15, 0.2) is 6.10 Å². The molecule has 2 aromatic rings. The molecule has 0 radical (unpaired) electrons. The zero-order chi connectivity index (χ0) is 11.5. The van der Waals surface area contributed by atoms with Gasteiger partial charge in [-0.05, 0) is 13.0 Å². The van der Waals surface area contributed by atoms with Gasteiger partial charge in [0, 0.05) is 18.6 Å². The number of fused-ring (bicyclic) bond motifs is 1. The van der Waals surface area contributed by atoms with Crippen LogP contribution in [0.15, 0.2) is 24.7 Å². The summed E-state index contributed by atoms with van der Waals surface area (Å²) in [7, 11) is 0. The lowest BCUT2D eigenvalue weighted by Gasteiger charge is -2.05. The van der Waals surface area contributed by atoms with E-state index in [-0.39, 0.29) is 6.61 Å². The molecule has 2 heterocycles. The summed E-state index contributed by atoms with van der Waals surface area (Å²) in [5.41, 5.74) is 0.659. The second-order valence-corrected chi connectivity index (χ2v) is 3.35. The molecule has 0 aliphatic rings. The van der Waals surface area contributed by atoms with E-state index in [0.29, 0.717) is 11.5 Å². The molecule has 0 aliphatic heterocycles. The van der Waals surface area contributed by atoms with E-state index in [0.717, 1.165) is 0 Å². The molecule has 6 heteroatoms. The maximum Gasteiger partial charge on any atom is 0.332 e. The van der Waals surface area contributed by atoms with Crippen LogP contribution in [-0.4, -0.2) is 31.5 Å². The van der Waals surface area contributed by atoms with E-state index in [1.807, 2.05) is 6.20 Å². The average Bonchev–Trinajstić information content (AvgIpc) is 2.68. The van der Waals surface area contributed by atoms with Crippen molar-refractivity contribution < 1.29 is 14.6 Å². The number of carbonyl (C=O) groups is 1. The smallest absolute Gasteiger partial charge is 0.332 e. The van der Waals surface area contributed by atoms with Gasteiger partial charge in [-0.1, -0.05) is 0 Å². The van der Waals surface area contributed by atoms with E-state index in [9.17, 15) is 4.79 Å². The van der Waals surface area contributed by atoms with Crippen LogP contribution in [0.2, 0.25) is 0 Å². The van der Waals surface area contributed by atoms with Gasteiger partial charge in [0.05, 0.1) is 12.3 Å². The van der Waals surface area contributed by atoms with E-state index < -0.39 is 12.1 Å². The first-order valence-corrected chi connectivity index (χ1v) is 4.80. The zero-order valence-corrected chi connectivity index (χ0v) is 8.70. The Hall–Kier alpha value is -1.95. The molecule has 16 heavy (non-hydrogen) atoms. The number of hydrogen-bond donors (Lipinski definition) is 1. The number of imidazole rings is 1. The molecule has 84 valence electrons. The summed E-state index contributed by atoms with van der Waals surface area (Å²) in [6.45, 7) is 1.65. The lowest BCUT2D eigenvalue weighted by molar-refractivity contribution is -0.149. The molecule has 1 atom stereocenters. The summed E-state index contributed by atoms with van der Waals surface area (Å²) in [6, 6.07) is 1.79. The lowest BCUT2D eigenvalue weighted by Crippen LogP contribution is -2.19. The molecule has 0 spiro atoms. The van der Waals surface area contributed by atoms with Gasteiger partial charge in [-0.15, -0.1) is 0 Å². The Morgan fingerprint density at radius 2 is 2.50 bits per heavy atom. The lowest BCUT2D eigenvalue weighted by atomic mass is 10.4. The minimum Gasteiger partial charge on any atom is -0.479 e. The van der Waals surface area contributed by atoms with Gasteiger partial charge >= 0.3 is 5.97 Å². The minimum absolute atomic E-state index is 0.164. The normalized spacial score (nSPS) is 12.8. The maximum absolute atomic E-state index is 10.5. The molecule has 0 aromatic carbocycles. The molecular formula is C10H11N3O3. The minimum atomic E-state index is -0.984. The SMILES string of the molecule is CC(OCc1cn2cccnc2n1)C(=O)O. The maximum atomic E-state index is 10.5. The Morgan fingerprint density at radius 3 is 3.19 bits per heavy atom. The van der Waals surface area contributed by atoms with Crippen molar-refractivity contribution in [3.8, 4) is 0 Å². The number of ether oxygens (including phenoxy) is 1. The third-order valence-corrected chi connectivity index (χ3v) is 2.11. The molecule has 0 amide bonds. The molecular weight excluding hydrogens is 210 g/mol. The van der Waals surface area contributed by atoms with E-state index in [1.54, 1.807) is 22.9 Å². The van der Waals surface area contributed by atoms with E-state index >= 15 is 0 Å². The molecule has 2 aromatic heterocycles. The molecule has 0 bridgehead atoms. The third kappa shape index (κ3) is 2.17. The first-order valence-electron chi connectivity index (χ1n) is 4.80. The predicted molar refractivity (Wildman–Crippen MR) is 54.9 cm³/mol. The Morgan fingerprint density at radius 1 is 1.69 bits per heavy atom. The van der Waals surface area contributed by atoms with Gasteiger partial charge in [0.2, 0.25) is 5.78 Å². The van der Waals surface area contributed by atoms with Gasteiger partial charge in [0.25, 0.3) is 0 Å². The fourth-order valence-corrected chi connectivity index (χ4v) is 1.23. The Kier molecular flexibility index (Phi) is 2.82. The Bertz CT molecular complexity index is 476. The van der Waals surface area contributed by atoms with Gasteiger partial charge in [0.1, 0.15) is 0 Å². The number of carboxylic acid groups (broad SMARTS) is 1. The van der Waals surface area contributed by atoms with Crippen LogP contribution in [0, 0.1) is 0 Å². The standard InChI is InChI=1S/C10H11N3O3/c1-7(9(14)15)16-6-8-5-13-4-2-3-11-10(13)12-8/h2-5,7H,6H2,1H3,(H,14,15). The van der Waals surface area contributed by atoms with Crippen LogP contribution in [0.4, 0.5) is 0 Å². The highest BCUT2D eigenvalue weighted by atomic mass is 16.5. The molecule has 0 fully saturated rings. The van der Waals surface area contributed by atoms with Crippen LogP contribution in [0.5, 0.6) is 0 Å². The molecule has 2 rings (SSSR count). The van der Waals surface area contributed by atoms with E-state index in [4.69, 9.17) is 9.84 Å². The van der Waals surface area contributed by atoms with Crippen molar-refractivity contribution in [1.29, 1.82) is 0 Å². The highest BCUT2D eigenvalue weighted by Gasteiger charge is 2.12. The average molecular weight is 221 g/mol. The Balaban J connectivity index is 2.07. The fourth-order valence-electron chi connectivity index (χ4n) is 1.23. The molecule has 0 saturated carbocycles. The number of hydrogen-bond acceptors (Lipinski definition) is 4. The number of carboxylic acids is 1. The molecule has 0 saturated heterocycles. The Labute approximate surface area is 91.5 Å². The van der Waals surface area contributed by atoms with Crippen LogP contribution in [0.25, 0.3) is 5.78 Å². The number of nitrogens with zero attached hydrogens (tertiary/aromatic N) is 3. The van der Waals surface area contributed by atoms with E-state index in [1.165, 1.54) is 6.92 Å². The van der Waals surface area contributed by atoms with Crippen molar-refractivity contribution in [3.63, 3.8) is 0 Å². The fraction of sp³-hybridized carbons (Fsp3) is 0.300. The first kappa shape index (κ1) is 10.6. The van der Waals surface area contributed by atoms with Crippen LogP contribution >= 0.6 is 0 Å². The first-order chi connectivity index (χ1) is 7.66. The van der Waals surface area contributed by atoms with Crippen molar-refractivity contribution >= 4 is 11.7 Å². The number of aliphatic carboxylic acids is 1. The van der Waals surface area contributed by atoms with Crippen LogP contribution in [0.3, 0.4) is 0 Å². The van der Waals surface area contributed by atoms with Crippen molar-refractivity contribution in [2.24, 2.45) is 0 Å². The van der Waals surface area contributed by atoms with Crippen molar-refractivity contribution in [1.82, 2.24) is 14.4 Å². The second kappa shape index (κ2) is 4.28. The van der Waals surface area contributed by atoms with Crippen LogP contribution in [-0.2, 0) is 16.1 Å².